The second-order valence-corrected chi connectivity index (χ2v) is 6.16. The average Bonchev–Trinajstić information content (AvgIpc) is 2.51. The molecular formula is C17H23N3O4. The van der Waals surface area contributed by atoms with Gasteiger partial charge in [-0.3, -0.25) is 19.8 Å². The molecule has 1 fully saturated rings. The topological polar surface area (TPSA) is 98.7 Å². The number of anilines is 1. The molecule has 1 saturated heterocycles. The summed E-state index contributed by atoms with van der Waals surface area (Å²) in [6.07, 6.45) is 1.36. The normalized spacial score (nSPS) is 18.0. The minimum atomic E-state index is -0.840. The van der Waals surface area contributed by atoms with Gasteiger partial charge in [0.25, 0.3) is 0 Å². The van der Waals surface area contributed by atoms with Gasteiger partial charge < -0.3 is 10.4 Å². The molecule has 24 heavy (non-hydrogen) atoms. The Balaban J connectivity index is 1.84. The molecule has 0 bridgehead atoms. The van der Waals surface area contributed by atoms with Crippen LogP contribution in [-0.4, -0.2) is 47.5 Å². The molecule has 1 aliphatic heterocycles. The minimum absolute atomic E-state index is 0.0179. The van der Waals surface area contributed by atoms with Gasteiger partial charge in [0.05, 0.1) is 12.5 Å². The number of hydrogen-bond donors (Lipinski definition) is 3. The maximum Gasteiger partial charge on any atom is 0.325 e. The number of rotatable bonds is 4. The number of benzene rings is 1. The Labute approximate surface area is 141 Å². The van der Waals surface area contributed by atoms with E-state index >= 15 is 0 Å². The lowest BCUT2D eigenvalue weighted by Gasteiger charge is -2.29. The van der Waals surface area contributed by atoms with Gasteiger partial charge in [0.15, 0.2) is 0 Å². The lowest BCUT2D eigenvalue weighted by Crippen LogP contribution is -2.46. The molecule has 2 rings (SSSR count). The number of carboxylic acid groups (broad SMARTS) is 1. The highest BCUT2D eigenvalue weighted by molar-refractivity contribution is 6.02. The summed E-state index contributed by atoms with van der Waals surface area (Å²) in [5.41, 5.74) is 2.65. The van der Waals surface area contributed by atoms with Crippen molar-refractivity contribution in [3.05, 3.63) is 29.3 Å². The molecular weight excluding hydrogens is 310 g/mol. The number of piperidine rings is 1. The molecule has 3 N–H and O–H groups in total. The van der Waals surface area contributed by atoms with Gasteiger partial charge in [-0.05, 0) is 50.4 Å². The van der Waals surface area contributed by atoms with Gasteiger partial charge in [0.1, 0.15) is 0 Å². The second-order valence-electron chi connectivity index (χ2n) is 6.16. The summed E-state index contributed by atoms with van der Waals surface area (Å²) < 4.78 is 0. The standard InChI is InChI=1S/C17H23N3O4/c1-11-5-3-7-14(12(11)2)18-17(24)19-15(21)10-20-8-4-6-13(9-20)16(22)23/h3,5,7,13H,4,6,8-10H2,1-2H3,(H,22,23)(H2,18,19,21,24). The van der Waals surface area contributed by atoms with Crippen LogP contribution in [0.2, 0.25) is 0 Å². The highest BCUT2D eigenvalue weighted by atomic mass is 16.4. The molecule has 0 saturated carbocycles. The first-order chi connectivity index (χ1) is 11.4. The van der Waals surface area contributed by atoms with Crippen molar-refractivity contribution in [2.75, 3.05) is 25.0 Å². The number of amides is 3. The number of carboxylic acids is 1. The molecule has 1 atom stereocenters. The summed E-state index contributed by atoms with van der Waals surface area (Å²) in [6.45, 7) is 4.85. The monoisotopic (exact) mass is 333 g/mol. The third-order valence-electron chi connectivity index (χ3n) is 4.33. The molecule has 1 unspecified atom stereocenters. The van der Waals surface area contributed by atoms with Crippen LogP contribution >= 0.6 is 0 Å². The number of aryl methyl sites for hydroxylation is 1. The smallest absolute Gasteiger partial charge is 0.325 e. The number of likely N-dealkylation sites (tertiary alicyclic amines) is 1. The lowest BCUT2D eigenvalue weighted by atomic mass is 9.98. The van der Waals surface area contributed by atoms with E-state index in [0.29, 0.717) is 25.2 Å². The van der Waals surface area contributed by atoms with Crippen molar-refractivity contribution in [1.82, 2.24) is 10.2 Å². The van der Waals surface area contributed by atoms with Crippen LogP contribution < -0.4 is 10.6 Å². The molecule has 130 valence electrons. The van der Waals surface area contributed by atoms with Gasteiger partial charge in [-0.1, -0.05) is 12.1 Å². The highest BCUT2D eigenvalue weighted by Gasteiger charge is 2.26. The van der Waals surface area contributed by atoms with Crippen molar-refractivity contribution in [3.63, 3.8) is 0 Å². The fourth-order valence-electron chi connectivity index (χ4n) is 2.81. The van der Waals surface area contributed by atoms with Crippen LogP contribution in [0.3, 0.4) is 0 Å². The summed E-state index contributed by atoms with van der Waals surface area (Å²) in [5.74, 6) is -1.73. The van der Waals surface area contributed by atoms with Gasteiger partial charge in [-0.25, -0.2) is 4.79 Å². The quantitative estimate of drug-likeness (QED) is 0.780. The van der Waals surface area contributed by atoms with Crippen LogP contribution in [0.15, 0.2) is 18.2 Å². The Kier molecular flexibility index (Phi) is 5.92. The Morgan fingerprint density at radius 1 is 1.29 bits per heavy atom. The first-order valence-electron chi connectivity index (χ1n) is 7.99. The van der Waals surface area contributed by atoms with E-state index < -0.39 is 23.8 Å². The molecule has 7 nitrogen and oxygen atoms in total. The van der Waals surface area contributed by atoms with E-state index in [1.54, 1.807) is 11.0 Å². The summed E-state index contributed by atoms with van der Waals surface area (Å²) in [5, 5.41) is 14.0. The molecule has 0 aromatic heterocycles. The van der Waals surface area contributed by atoms with E-state index in [-0.39, 0.29) is 6.54 Å². The third-order valence-corrected chi connectivity index (χ3v) is 4.33. The van der Waals surface area contributed by atoms with E-state index in [1.165, 1.54) is 0 Å². The van der Waals surface area contributed by atoms with E-state index in [0.717, 1.165) is 17.5 Å². The van der Waals surface area contributed by atoms with Crippen LogP contribution in [0.1, 0.15) is 24.0 Å². The Bertz CT molecular complexity index is 645. The third kappa shape index (κ3) is 4.79. The first-order valence-corrected chi connectivity index (χ1v) is 7.99. The Hall–Kier alpha value is -2.41. The zero-order chi connectivity index (χ0) is 17.7. The number of nitrogens with zero attached hydrogens (tertiary/aromatic N) is 1. The van der Waals surface area contributed by atoms with Crippen LogP contribution in [0, 0.1) is 19.8 Å². The summed E-state index contributed by atoms with van der Waals surface area (Å²) in [4.78, 5) is 36.7. The SMILES string of the molecule is Cc1cccc(NC(=O)NC(=O)CN2CCCC(C(=O)O)C2)c1C. The molecule has 1 aliphatic rings. The van der Waals surface area contributed by atoms with Crippen LogP contribution in [0.25, 0.3) is 0 Å². The van der Waals surface area contributed by atoms with Crippen molar-refractivity contribution in [2.45, 2.75) is 26.7 Å². The zero-order valence-electron chi connectivity index (χ0n) is 14.0. The minimum Gasteiger partial charge on any atom is -0.481 e. The average molecular weight is 333 g/mol. The number of imide groups is 1. The molecule has 3 amide bonds. The van der Waals surface area contributed by atoms with Crippen molar-refractivity contribution < 1.29 is 19.5 Å². The van der Waals surface area contributed by atoms with Gasteiger partial charge in [0, 0.05) is 12.2 Å². The Morgan fingerprint density at radius 3 is 2.75 bits per heavy atom. The molecule has 1 aromatic carbocycles. The van der Waals surface area contributed by atoms with Crippen LogP contribution in [0.4, 0.5) is 10.5 Å². The predicted octanol–water partition coefficient (Wildman–Crippen LogP) is 1.75. The van der Waals surface area contributed by atoms with Gasteiger partial charge in [0.2, 0.25) is 5.91 Å². The van der Waals surface area contributed by atoms with E-state index in [9.17, 15) is 14.4 Å². The van der Waals surface area contributed by atoms with Crippen LogP contribution in [-0.2, 0) is 9.59 Å². The number of urea groups is 1. The maximum absolute atomic E-state index is 12.0. The Morgan fingerprint density at radius 2 is 2.04 bits per heavy atom. The van der Waals surface area contributed by atoms with Gasteiger partial charge >= 0.3 is 12.0 Å². The molecule has 1 aromatic rings. The fourth-order valence-corrected chi connectivity index (χ4v) is 2.81. The van der Waals surface area contributed by atoms with Crippen molar-refractivity contribution >= 4 is 23.6 Å². The predicted molar refractivity (Wildman–Crippen MR) is 89.9 cm³/mol. The number of nitrogens with one attached hydrogen (secondary N) is 2. The molecule has 0 radical (unpaired) electrons. The van der Waals surface area contributed by atoms with E-state index in [1.807, 2.05) is 26.0 Å². The number of aliphatic carboxylic acids is 1. The highest BCUT2D eigenvalue weighted by Crippen LogP contribution is 2.18. The summed E-state index contributed by atoms with van der Waals surface area (Å²) in [6, 6.07) is 4.97. The molecule has 0 aliphatic carbocycles. The molecule has 0 spiro atoms. The zero-order valence-corrected chi connectivity index (χ0v) is 14.0. The largest absolute Gasteiger partial charge is 0.481 e. The van der Waals surface area contributed by atoms with Gasteiger partial charge in [-0.2, -0.15) is 0 Å². The van der Waals surface area contributed by atoms with E-state index in [2.05, 4.69) is 10.6 Å². The maximum atomic E-state index is 12.0. The van der Waals surface area contributed by atoms with E-state index in [4.69, 9.17) is 5.11 Å². The van der Waals surface area contributed by atoms with Gasteiger partial charge in [-0.15, -0.1) is 0 Å². The molecule has 1 heterocycles. The number of hydrogen-bond acceptors (Lipinski definition) is 4. The summed E-state index contributed by atoms with van der Waals surface area (Å²) in [7, 11) is 0. The van der Waals surface area contributed by atoms with Crippen molar-refractivity contribution in [2.24, 2.45) is 5.92 Å². The fraction of sp³-hybridized carbons (Fsp3) is 0.471. The first kappa shape index (κ1) is 17.9. The second kappa shape index (κ2) is 7.92. The van der Waals surface area contributed by atoms with Crippen molar-refractivity contribution in [1.29, 1.82) is 0 Å². The number of carbonyl (C=O) groups is 3. The lowest BCUT2D eigenvalue weighted by molar-refractivity contribution is -0.144. The molecule has 7 heteroatoms. The number of carbonyl (C=O) groups excluding carboxylic acids is 2. The summed E-state index contributed by atoms with van der Waals surface area (Å²) >= 11 is 0. The van der Waals surface area contributed by atoms with Crippen LogP contribution in [0.5, 0.6) is 0 Å². The van der Waals surface area contributed by atoms with Crippen molar-refractivity contribution in [3.8, 4) is 0 Å².